The minimum atomic E-state index is 0.0379. The standard InChI is InChI=1S/C15H31NO2/c1-5-14(4)10-13(8-9-18-14)16-11-15(6-2,7-3)12-17/h13,16-17H,5-12H2,1-4H3. The van der Waals surface area contributed by atoms with Crippen molar-refractivity contribution >= 4 is 0 Å². The fourth-order valence-corrected chi connectivity index (χ4v) is 2.69. The number of aliphatic hydroxyl groups excluding tert-OH is 1. The molecule has 18 heavy (non-hydrogen) atoms. The Morgan fingerprint density at radius 1 is 1.33 bits per heavy atom. The molecule has 0 aromatic carbocycles. The largest absolute Gasteiger partial charge is 0.396 e. The monoisotopic (exact) mass is 257 g/mol. The third-order valence-electron chi connectivity index (χ3n) is 4.94. The first-order chi connectivity index (χ1) is 8.53. The van der Waals surface area contributed by atoms with Gasteiger partial charge in [0, 0.05) is 31.2 Å². The van der Waals surface area contributed by atoms with Crippen LogP contribution in [0.15, 0.2) is 0 Å². The molecule has 0 amide bonds. The van der Waals surface area contributed by atoms with Crippen LogP contribution in [0.25, 0.3) is 0 Å². The maximum absolute atomic E-state index is 9.59. The first-order valence-corrected chi connectivity index (χ1v) is 7.51. The highest BCUT2D eigenvalue weighted by Gasteiger charge is 2.33. The highest BCUT2D eigenvalue weighted by atomic mass is 16.5. The molecule has 1 aliphatic rings. The van der Waals surface area contributed by atoms with E-state index in [4.69, 9.17) is 4.74 Å². The van der Waals surface area contributed by atoms with Gasteiger partial charge in [0.25, 0.3) is 0 Å². The Morgan fingerprint density at radius 2 is 2.00 bits per heavy atom. The Morgan fingerprint density at radius 3 is 2.50 bits per heavy atom. The van der Waals surface area contributed by atoms with E-state index in [9.17, 15) is 5.11 Å². The van der Waals surface area contributed by atoms with Crippen molar-refractivity contribution < 1.29 is 9.84 Å². The van der Waals surface area contributed by atoms with Gasteiger partial charge >= 0.3 is 0 Å². The van der Waals surface area contributed by atoms with Gasteiger partial charge in [0.15, 0.2) is 0 Å². The van der Waals surface area contributed by atoms with E-state index in [1.165, 1.54) is 0 Å². The lowest BCUT2D eigenvalue weighted by molar-refractivity contribution is -0.0793. The van der Waals surface area contributed by atoms with E-state index in [2.05, 4.69) is 33.0 Å². The summed E-state index contributed by atoms with van der Waals surface area (Å²) in [5.41, 5.74) is 0.0944. The smallest absolute Gasteiger partial charge is 0.0666 e. The van der Waals surface area contributed by atoms with Crippen molar-refractivity contribution in [2.75, 3.05) is 19.8 Å². The topological polar surface area (TPSA) is 41.5 Å². The Bertz CT molecular complexity index is 232. The maximum atomic E-state index is 9.59. The molecule has 0 aliphatic carbocycles. The van der Waals surface area contributed by atoms with Crippen molar-refractivity contribution in [1.82, 2.24) is 5.32 Å². The molecule has 0 bridgehead atoms. The molecule has 0 saturated carbocycles. The van der Waals surface area contributed by atoms with Crippen LogP contribution in [0.3, 0.4) is 0 Å². The Balaban J connectivity index is 2.47. The molecular weight excluding hydrogens is 226 g/mol. The molecule has 3 heteroatoms. The third kappa shape index (κ3) is 3.94. The van der Waals surface area contributed by atoms with E-state index in [-0.39, 0.29) is 17.6 Å². The predicted octanol–water partition coefficient (Wildman–Crippen LogP) is 2.72. The summed E-state index contributed by atoms with van der Waals surface area (Å²) < 4.78 is 5.87. The van der Waals surface area contributed by atoms with E-state index < -0.39 is 0 Å². The van der Waals surface area contributed by atoms with E-state index in [0.717, 1.165) is 45.3 Å². The van der Waals surface area contributed by atoms with E-state index in [1.54, 1.807) is 0 Å². The minimum absolute atomic E-state index is 0.0379. The van der Waals surface area contributed by atoms with Gasteiger partial charge in [-0.15, -0.1) is 0 Å². The molecule has 0 spiro atoms. The molecule has 2 atom stereocenters. The summed E-state index contributed by atoms with van der Waals surface area (Å²) in [7, 11) is 0. The van der Waals surface area contributed by atoms with Gasteiger partial charge in [0.05, 0.1) is 5.60 Å². The van der Waals surface area contributed by atoms with Gasteiger partial charge in [0.2, 0.25) is 0 Å². The molecule has 0 radical (unpaired) electrons. The normalized spacial score (nSPS) is 29.5. The average Bonchev–Trinajstić information content (AvgIpc) is 2.41. The van der Waals surface area contributed by atoms with Crippen molar-refractivity contribution in [3.05, 3.63) is 0 Å². The summed E-state index contributed by atoms with van der Waals surface area (Å²) in [5.74, 6) is 0. The molecule has 1 saturated heterocycles. The van der Waals surface area contributed by atoms with Gasteiger partial charge < -0.3 is 15.2 Å². The Labute approximate surface area is 112 Å². The van der Waals surface area contributed by atoms with Crippen LogP contribution >= 0.6 is 0 Å². The fraction of sp³-hybridized carbons (Fsp3) is 1.00. The van der Waals surface area contributed by atoms with Gasteiger partial charge in [-0.25, -0.2) is 0 Å². The summed E-state index contributed by atoms with van der Waals surface area (Å²) in [6.45, 7) is 10.8. The van der Waals surface area contributed by atoms with Crippen molar-refractivity contribution in [2.24, 2.45) is 5.41 Å². The zero-order valence-electron chi connectivity index (χ0n) is 12.6. The zero-order valence-corrected chi connectivity index (χ0v) is 12.6. The maximum Gasteiger partial charge on any atom is 0.0666 e. The molecule has 0 aromatic rings. The second-order valence-corrected chi connectivity index (χ2v) is 6.09. The molecule has 2 N–H and O–H groups in total. The quantitative estimate of drug-likeness (QED) is 0.737. The van der Waals surface area contributed by atoms with Gasteiger partial charge in [-0.1, -0.05) is 20.8 Å². The van der Waals surface area contributed by atoms with Crippen LogP contribution in [0.2, 0.25) is 0 Å². The lowest BCUT2D eigenvalue weighted by atomic mass is 9.82. The summed E-state index contributed by atoms with van der Waals surface area (Å²) in [6, 6.07) is 0.535. The SMILES string of the molecule is CCC(CC)(CO)CNC1CCOC(C)(CC)C1. The van der Waals surface area contributed by atoms with Crippen molar-refractivity contribution in [3.63, 3.8) is 0 Å². The Hall–Kier alpha value is -0.120. The minimum Gasteiger partial charge on any atom is -0.396 e. The van der Waals surface area contributed by atoms with Crippen molar-refractivity contribution in [1.29, 1.82) is 0 Å². The highest BCUT2D eigenvalue weighted by molar-refractivity contribution is 4.88. The van der Waals surface area contributed by atoms with Crippen LogP contribution < -0.4 is 5.32 Å². The third-order valence-corrected chi connectivity index (χ3v) is 4.94. The van der Waals surface area contributed by atoms with Gasteiger partial charge in [0.1, 0.15) is 0 Å². The van der Waals surface area contributed by atoms with Gasteiger partial charge in [-0.3, -0.25) is 0 Å². The van der Waals surface area contributed by atoms with Crippen LogP contribution in [-0.2, 0) is 4.74 Å². The van der Waals surface area contributed by atoms with Gasteiger partial charge in [-0.2, -0.15) is 0 Å². The number of nitrogens with one attached hydrogen (secondary N) is 1. The van der Waals surface area contributed by atoms with E-state index in [1.807, 2.05) is 0 Å². The fourth-order valence-electron chi connectivity index (χ4n) is 2.69. The predicted molar refractivity (Wildman–Crippen MR) is 75.8 cm³/mol. The van der Waals surface area contributed by atoms with Crippen LogP contribution in [-0.4, -0.2) is 36.5 Å². The van der Waals surface area contributed by atoms with Crippen molar-refractivity contribution in [2.45, 2.75) is 71.4 Å². The molecule has 3 nitrogen and oxygen atoms in total. The highest BCUT2D eigenvalue weighted by Crippen LogP contribution is 2.29. The number of hydrogen-bond donors (Lipinski definition) is 2. The molecule has 108 valence electrons. The molecule has 1 heterocycles. The number of rotatable bonds is 7. The number of aliphatic hydroxyl groups is 1. The lowest BCUT2D eigenvalue weighted by Gasteiger charge is -2.40. The summed E-state index contributed by atoms with van der Waals surface area (Å²) in [5, 5.41) is 13.3. The first kappa shape index (κ1) is 15.9. The lowest BCUT2D eigenvalue weighted by Crippen LogP contribution is -2.48. The summed E-state index contributed by atoms with van der Waals surface area (Å²) in [4.78, 5) is 0. The molecule has 1 aliphatic heterocycles. The van der Waals surface area contributed by atoms with Crippen LogP contribution in [0.1, 0.15) is 59.8 Å². The molecule has 0 aromatic heterocycles. The van der Waals surface area contributed by atoms with Crippen LogP contribution in [0.5, 0.6) is 0 Å². The zero-order chi connectivity index (χ0) is 13.6. The van der Waals surface area contributed by atoms with Crippen LogP contribution in [0, 0.1) is 5.41 Å². The van der Waals surface area contributed by atoms with E-state index in [0.29, 0.717) is 6.04 Å². The average molecular weight is 257 g/mol. The molecule has 1 fully saturated rings. The second-order valence-electron chi connectivity index (χ2n) is 6.09. The molecular formula is C15H31NO2. The van der Waals surface area contributed by atoms with E-state index >= 15 is 0 Å². The van der Waals surface area contributed by atoms with Gasteiger partial charge in [-0.05, 0) is 39.0 Å². The summed E-state index contributed by atoms with van der Waals surface area (Å²) >= 11 is 0. The summed E-state index contributed by atoms with van der Waals surface area (Å²) in [6.07, 6.45) is 5.30. The van der Waals surface area contributed by atoms with Crippen molar-refractivity contribution in [3.8, 4) is 0 Å². The Kier molecular flexibility index (Phi) is 6.09. The number of hydrogen-bond acceptors (Lipinski definition) is 3. The molecule has 2 unspecified atom stereocenters. The number of ether oxygens (including phenoxy) is 1. The first-order valence-electron chi connectivity index (χ1n) is 7.51. The molecule has 1 rings (SSSR count). The van der Waals surface area contributed by atoms with Crippen LogP contribution in [0.4, 0.5) is 0 Å². The second kappa shape index (κ2) is 6.88.